The number of hydrogen-bond acceptors (Lipinski definition) is 2. The summed E-state index contributed by atoms with van der Waals surface area (Å²) in [6.45, 7) is 5.92. The SMILES string of the molecule is C=CCNC(=O)c1ccc(CNC(C)=O)cc1. The Hall–Kier alpha value is -2.10. The van der Waals surface area contributed by atoms with E-state index in [0.29, 0.717) is 18.7 Å². The van der Waals surface area contributed by atoms with Crippen molar-refractivity contribution in [2.75, 3.05) is 6.54 Å². The second-order valence-electron chi connectivity index (χ2n) is 3.61. The summed E-state index contributed by atoms with van der Waals surface area (Å²) in [6, 6.07) is 7.10. The maximum atomic E-state index is 11.6. The molecule has 0 saturated heterocycles. The molecular weight excluding hydrogens is 216 g/mol. The van der Waals surface area contributed by atoms with Crippen molar-refractivity contribution >= 4 is 11.8 Å². The maximum Gasteiger partial charge on any atom is 0.251 e. The van der Waals surface area contributed by atoms with Gasteiger partial charge in [-0.2, -0.15) is 0 Å². The van der Waals surface area contributed by atoms with Gasteiger partial charge < -0.3 is 10.6 Å². The van der Waals surface area contributed by atoms with Gasteiger partial charge >= 0.3 is 0 Å². The molecule has 0 spiro atoms. The van der Waals surface area contributed by atoms with E-state index in [0.717, 1.165) is 5.56 Å². The highest BCUT2D eigenvalue weighted by molar-refractivity contribution is 5.94. The third-order valence-corrected chi connectivity index (χ3v) is 2.16. The quantitative estimate of drug-likeness (QED) is 0.750. The van der Waals surface area contributed by atoms with Crippen LogP contribution in [0.25, 0.3) is 0 Å². The Morgan fingerprint density at radius 3 is 2.41 bits per heavy atom. The van der Waals surface area contributed by atoms with Crippen molar-refractivity contribution < 1.29 is 9.59 Å². The van der Waals surface area contributed by atoms with E-state index in [1.54, 1.807) is 18.2 Å². The summed E-state index contributed by atoms with van der Waals surface area (Å²) < 4.78 is 0. The summed E-state index contributed by atoms with van der Waals surface area (Å²) in [5.74, 6) is -0.200. The van der Waals surface area contributed by atoms with Crippen LogP contribution in [-0.4, -0.2) is 18.4 Å². The van der Waals surface area contributed by atoms with Crippen molar-refractivity contribution in [2.45, 2.75) is 13.5 Å². The molecule has 1 aromatic carbocycles. The molecule has 0 fully saturated rings. The zero-order valence-corrected chi connectivity index (χ0v) is 9.82. The van der Waals surface area contributed by atoms with Gasteiger partial charge in [-0.15, -0.1) is 6.58 Å². The number of benzene rings is 1. The molecule has 0 bridgehead atoms. The van der Waals surface area contributed by atoms with Gasteiger partial charge in [-0.3, -0.25) is 9.59 Å². The Labute approximate surface area is 101 Å². The van der Waals surface area contributed by atoms with Gasteiger partial charge in [-0.05, 0) is 17.7 Å². The Kier molecular flexibility index (Phi) is 4.94. The van der Waals surface area contributed by atoms with E-state index in [9.17, 15) is 9.59 Å². The van der Waals surface area contributed by atoms with E-state index in [1.165, 1.54) is 6.92 Å². The molecule has 0 aliphatic carbocycles. The summed E-state index contributed by atoms with van der Waals surface area (Å²) in [4.78, 5) is 22.3. The van der Waals surface area contributed by atoms with Crippen LogP contribution >= 0.6 is 0 Å². The summed E-state index contributed by atoms with van der Waals surface area (Å²) in [5.41, 5.74) is 1.55. The lowest BCUT2D eigenvalue weighted by Crippen LogP contribution is -2.23. The minimum absolute atomic E-state index is 0.0715. The molecule has 2 amide bonds. The van der Waals surface area contributed by atoms with Gasteiger partial charge in [-0.25, -0.2) is 0 Å². The van der Waals surface area contributed by atoms with Crippen LogP contribution in [0.2, 0.25) is 0 Å². The van der Waals surface area contributed by atoms with Crippen LogP contribution < -0.4 is 10.6 Å². The van der Waals surface area contributed by atoms with Crippen molar-refractivity contribution in [3.63, 3.8) is 0 Å². The van der Waals surface area contributed by atoms with Crippen LogP contribution in [-0.2, 0) is 11.3 Å². The van der Waals surface area contributed by atoms with E-state index in [2.05, 4.69) is 17.2 Å². The molecule has 0 unspecified atom stereocenters. The predicted octanol–water partition coefficient (Wildman–Crippen LogP) is 1.24. The van der Waals surface area contributed by atoms with Gasteiger partial charge in [0.1, 0.15) is 0 Å². The van der Waals surface area contributed by atoms with Crippen molar-refractivity contribution in [2.24, 2.45) is 0 Å². The molecule has 90 valence electrons. The highest BCUT2D eigenvalue weighted by atomic mass is 16.2. The predicted molar refractivity (Wildman–Crippen MR) is 66.5 cm³/mol. The van der Waals surface area contributed by atoms with Crippen LogP contribution in [0.3, 0.4) is 0 Å². The monoisotopic (exact) mass is 232 g/mol. The molecule has 2 N–H and O–H groups in total. The van der Waals surface area contributed by atoms with Gasteiger partial charge in [0.2, 0.25) is 5.91 Å². The molecule has 0 aliphatic heterocycles. The first-order chi connectivity index (χ1) is 8.13. The number of carbonyl (C=O) groups excluding carboxylic acids is 2. The zero-order valence-electron chi connectivity index (χ0n) is 9.82. The summed E-state index contributed by atoms with van der Waals surface area (Å²) in [7, 11) is 0. The molecule has 17 heavy (non-hydrogen) atoms. The number of amides is 2. The number of carbonyl (C=O) groups is 2. The summed E-state index contributed by atoms with van der Waals surface area (Å²) in [5, 5.41) is 5.38. The Morgan fingerprint density at radius 2 is 1.88 bits per heavy atom. The van der Waals surface area contributed by atoms with Crippen LogP contribution in [0.1, 0.15) is 22.8 Å². The fourth-order valence-corrected chi connectivity index (χ4v) is 1.27. The number of rotatable bonds is 5. The van der Waals surface area contributed by atoms with Gasteiger partial charge in [0.25, 0.3) is 5.91 Å². The fraction of sp³-hybridized carbons (Fsp3) is 0.231. The molecule has 0 aromatic heterocycles. The average Bonchev–Trinajstić information content (AvgIpc) is 2.34. The first-order valence-electron chi connectivity index (χ1n) is 5.36. The first kappa shape index (κ1) is 13.0. The molecule has 1 rings (SSSR count). The van der Waals surface area contributed by atoms with Crippen LogP contribution in [0.15, 0.2) is 36.9 Å². The smallest absolute Gasteiger partial charge is 0.251 e. The highest BCUT2D eigenvalue weighted by Crippen LogP contribution is 2.04. The lowest BCUT2D eigenvalue weighted by atomic mass is 10.1. The lowest BCUT2D eigenvalue weighted by Gasteiger charge is -2.05. The van der Waals surface area contributed by atoms with Crippen molar-refractivity contribution in [1.82, 2.24) is 10.6 Å². The second-order valence-corrected chi connectivity index (χ2v) is 3.61. The maximum absolute atomic E-state index is 11.6. The van der Waals surface area contributed by atoms with Crippen molar-refractivity contribution in [3.05, 3.63) is 48.0 Å². The average molecular weight is 232 g/mol. The van der Waals surface area contributed by atoms with E-state index in [1.807, 2.05) is 12.1 Å². The Morgan fingerprint density at radius 1 is 1.24 bits per heavy atom. The lowest BCUT2D eigenvalue weighted by molar-refractivity contribution is -0.119. The molecule has 0 atom stereocenters. The molecule has 1 aromatic rings. The van der Waals surface area contributed by atoms with Gasteiger partial charge in [-0.1, -0.05) is 18.2 Å². The minimum Gasteiger partial charge on any atom is -0.352 e. The van der Waals surface area contributed by atoms with Gasteiger partial charge in [0.05, 0.1) is 0 Å². The first-order valence-corrected chi connectivity index (χ1v) is 5.36. The summed E-state index contributed by atoms with van der Waals surface area (Å²) in [6.07, 6.45) is 1.63. The molecule has 4 nitrogen and oxygen atoms in total. The topological polar surface area (TPSA) is 58.2 Å². The van der Waals surface area contributed by atoms with E-state index in [-0.39, 0.29) is 11.8 Å². The number of hydrogen-bond donors (Lipinski definition) is 2. The van der Waals surface area contributed by atoms with Gasteiger partial charge in [0.15, 0.2) is 0 Å². The fourth-order valence-electron chi connectivity index (χ4n) is 1.27. The van der Waals surface area contributed by atoms with Gasteiger partial charge in [0, 0.05) is 25.6 Å². The van der Waals surface area contributed by atoms with Crippen molar-refractivity contribution in [1.29, 1.82) is 0 Å². The normalized spacial score (nSPS) is 9.47. The molecular formula is C13H16N2O2. The second kappa shape index (κ2) is 6.48. The molecule has 0 heterocycles. The van der Waals surface area contributed by atoms with Crippen LogP contribution in [0.5, 0.6) is 0 Å². The van der Waals surface area contributed by atoms with E-state index >= 15 is 0 Å². The molecule has 4 heteroatoms. The van der Waals surface area contributed by atoms with E-state index in [4.69, 9.17) is 0 Å². The number of nitrogens with one attached hydrogen (secondary N) is 2. The van der Waals surface area contributed by atoms with Crippen molar-refractivity contribution in [3.8, 4) is 0 Å². The van der Waals surface area contributed by atoms with Crippen LogP contribution in [0, 0.1) is 0 Å². The van der Waals surface area contributed by atoms with E-state index < -0.39 is 0 Å². The molecule has 0 aliphatic rings. The Bertz CT molecular complexity index is 410. The molecule has 0 radical (unpaired) electrons. The summed E-state index contributed by atoms with van der Waals surface area (Å²) >= 11 is 0. The highest BCUT2D eigenvalue weighted by Gasteiger charge is 2.03. The third kappa shape index (κ3) is 4.51. The molecule has 0 saturated carbocycles. The van der Waals surface area contributed by atoms with Crippen LogP contribution in [0.4, 0.5) is 0 Å². The Balaban J connectivity index is 2.57. The standard InChI is InChI=1S/C13H16N2O2/c1-3-8-14-13(17)12-6-4-11(5-7-12)9-15-10(2)16/h3-7H,1,8-9H2,2H3,(H,14,17)(H,15,16). The minimum atomic E-state index is -0.129. The third-order valence-electron chi connectivity index (χ3n) is 2.16. The largest absolute Gasteiger partial charge is 0.352 e. The zero-order chi connectivity index (χ0) is 12.7.